The number of Topliss-reactive ketones (excluding diaryl/α,β-unsaturated/α-hetero) is 1. The lowest BCUT2D eigenvalue weighted by Gasteiger charge is -2.43. The van der Waals surface area contributed by atoms with Gasteiger partial charge in [0.1, 0.15) is 0 Å². The molecule has 166 valence electrons. The zero-order valence-corrected chi connectivity index (χ0v) is 19.5. The third kappa shape index (κ3) is 3.99. The van der Waals surface area contributed by atoms with E-state index in [4.69, 9.17) is 0 Å². The lowest BCUT2D eigenvalue weighted by Crippen LogP contribution is -2.42. The van der Waals surface area contributed by atoms with Gasteiger partial charge in [0.15, 0.2) is 5.78 Å². The van der Waals surface area contributed by atoms with Gasteiger partial charge in [-0.2, -0.15) is 0 Å². The molecule has 0 N–H and O–H groups in total. The summed E-state index contributed by atoms with van der Waals surface area (Å²) in [5, 5.41) is 0. The smallest absolute Gasteiger partial charge is 0.195 e. The molecule has 0 saturated carbocycles. The minimum atomic E-state index is -0.484. The van der Waals surface area contributed by atoms with Gasteiger partial charge in [-0.1, -0.05) is 109 Å². The van der Waals surface area contributed by atoms with E-state index < -0.39 is 5.54 Å². The quantitative estimate of drug-likeness (QED) is 0.298. The summed E-state index contributed by atoms with van der Waals surface area (Å²) in [6.45, 7) is 4.30. The largest absolute Gasteiger partial charge is 0.334 e. The van der Waals surface area contributed by atoms with E-state index in [1.807, 2.05) is 60.8 Å². The third-order valence-electron chi connectivity index (χ3n) is 6.51. The number of ketones is 1. The summed E-state index contributed by atoms with van der Waals surface area (Å²) >= 11 is 0. The van der Waals surface area contributed by atoms with Gasteiger partial charge in [-0.3, -0.25) is 4.79 Å². The summed E-state index contributed by atoms with van der Waals surface area (Å²) in [6, 6.07) is 38.7. The van der Waals surface area contributed by atoms with Crippen molar-refractivity contribution in [1.29, 1.82) is 0 Å². The van der Waals surface area contributed by atoms with Crippen molar-refractivity contribution in [1.82, 2.24) is 0 Å². The second-order valence-corrected chi connectivity index (χ2v) is 8.88. The van der Waals surface area contributed by atoms with Crippen LogP contribution in [0.1, 0.15) is 34.0 Å². The predicted molar refractivity (Wildman–Crippen MR) is 141 cm³/mol. The molecular formula is C32H27NO. The number of benzene rings is 4. The van der Waals surface area contributed by atoms with E-state index in [2.05, 4.69) is 85.5 Å². The minimum Gasteiger partial charge on any atom is -0.334 e. The highest BCUT2D eigenvalue weighted by Gasteiger charge is 2.37. The standard InChI is InChI=1S/C32H27NO/c1-24-18-20-28(21-19-24)33-23-30(31(34)26-14-8-4-9-15-26)29(25-12-6-3-7-13-25)22-32(33,2)27-16-10-5-11-17-27/h3-23H,1-2H3. The molecule has 4 aromatic carbocycles. The Morgan fingerprint density at radius 3 is 1.88 bits per heavy atom. The van der Waals surface area contributed by atoms with Crippen LogP contribution in [0.5, 0.6) is 0 Å². The van der Waals surface area contributed by atoms with Crippen LogP contribution in [-0.4, -0.2) is 5.78 Å². The number of anilines is 1. The van der Waals surface area contributed by atoms with Gasteiger partial charge in [0.05, 0.1) is 5.54 Å². The molecule has 0 bridgehead atoms. The van der Waals surface area contributed by atoms with Crippen LogP contribution in [-0.2, 0) is 5.54 Å². The first kappa shape index (κ1) is 21.7. The van der Waals surface area contributed by atoms with Gasteiger partial charge in [-0.25, -0.2) is 0 Å². The van der Waals surface area contributed by atoms with Gasteiger partial charge in [-0.05, 0) is 48.8 Å². The van der Waals surface area contributed by atoms with Gasteiger partial charge in [0, 0.05) is 23.0 Å². The molecule has 0 fully saturated rings. The molecule has 0 aliphatic carbocycles. The van der Waals surface area contributed by atoms with E-state index in [1.165, 1.54) is 5.56 Å². The van der Waals surface area contributed by atoms with Crippen LogP contribution in [0, 0.1) is 6.92 Å². The van der Waals surface area contributed by atoms with Gasteiger partial charge in [0.2, 0.25) is 0 Å². The second-order valence-electron chi connectivity index (χ2n) is 8.88. The monoisotopic (exact) mass is 441 g/mol. The zero-order chi connectivity index (χ0) is 23.5. The van der Waals surface area contributed by atoms with Gasteiger partial charge < -0.3 is 4.90 Å². The lowest BCUT2D eigenvalue weighted by atomic mass is 9.80. The van der Waals surface area contributed by atoms with Crippen molar-refractivity contribution in [2.45, 2.75) is 19.4 Å². The number of hydrogen-bond donors (Lipinski definition) is 0. The van der Waals surface area contributed by atoms with Gasteiger partial charge in [-0.15, -0.1) is 0 Å². The van der Waals surface area contributed by atoms with E-state index in [1.54, 1.807) is 0 Å². The maximum Gasteiger partial charge on any atom is 0.195 e. The van der Waals surface area contributed by atoms with E-state index in [9.17, 15) is 4.79 Å². The van der Waals surface area contributed by atoms with E-state index in [-0.39, 0.29) is 5.78 Å². The highest BCUT2D eigenvalue weighted by molar-refractivity contribution is 6.19. The summed E-state index contributed by atoms with van der Waals surface area (Å²) in [4.78, 5) is 16.1. The van der Waals surface area contributed by atoms with Crippen LogP contribution in [0.15, 0.2) is 133 Å². The maximum atomic E-state index is 13.8. The fraction of sp³-hybridized carbons (Fsp3) is 0.0938. The summed E-state index contributed by atoms with van der Waals surface area (Å²) in [7, 11) is 0. The van der Waals surface area contributed by atoms with Crippen molar-refractivity contribution in [2.24, 2.45) is 0 Å². The molecular weight excluding hydrogens is 414 g/mol. The Bertz CT molecular complexity index is 1350. The average molecular weight is 442 g/mol. The molecule has 0 spiro atoms. The molecule has 1 aliphatic rings. The summed E-state index contributed by atoms with van der Waals surface area (Å²) in [6.07, 6.45) is 4.28. The summed E-state index contributed by atoms with van der Waals surface area (Å²) in [5.41, 5.74) is 6.27. The first-order chi connectivity index (χ1) is 16.6. The van der Waals surface area contributed by atoms with Gasteiger partial charge in [0.25, 0.3) is 0 Å². The van der Waals surface area contributed by atoms with Crippen LogP contribution in [0.3, 0.4) is 0 Å². The first-order valence-corrected chi connectivity index (χ1v) is 11.6. The molecule has 0 saturated heterocycles. The van der Waals surface area contributed by atoms with Crippen molar-refractivity contribution >= 4 is 17.0 Å². The summed E-state index contributed by atoms with van der Waals surface area (Å²) in [5.74, 6) is 0.0166. The fourth-order valence-electron chi connectivity index (χ4n) is 4.59. The molecule has 1 aliphatic heterocycles. The molecule has 4 aromatic rings. The molecule has 0 radical (unpaired) electrons. The fourth-order valence-corrected chi connectivity index (χ4v) is 4.59. The number of carbonyl (C=O) groups excluding carboxylic acids is 1. The molecule has 2 nitrogen and oxygen atoms in total. The van der Waals surface area contributed by atoms with Crippen LogP contribution < -0.4 is 4.90 Å². The van der Waals surface area contributed by atoms with E-state index >= 15 is 0 Å². The van der Waals surface area contributed by atoms with Crippen molar-refractivity contribution < 1.29 is 4.79 Å². The third-order valence-corrected chi connectivity index (χ3v) is 6.51. The first-order valence-electron chi connectivity index (χ1n) is 11.6. The number of carbonyl (C=O) groups is 1. The Morgan fingerprint density at radius 1 is 0.706 bits per heavy atom. The maximum absolute atomic E-state index is 13.8. The van der Waals surface area contributed by atoms with Gasteiger partial charge >= 0.3 is 0 Å². The normalized spacial score (nSPS) is 17.6. The van der Waals surface area contributed by atoms with Crippen LogP contribution in [0.25, 0.3) is 5.57 Å². The Hall–Kier alpha value is -4.17. The number of allylic oxidation sites excluding steroid dienone is 2. The van der Waals surface area contributed by atoms with Crippen LogP contribution >= 0.6 is 0 Å². The highest BCUT2D eigenvalue weighted by atomic mass is 16.1. The minimum absolute atomic E-state index is 0.0166. The SMILES string of the molecule is Cc1ccc(N2C=C(C(=O)c3ccccc3)C(c3ccccc3)=CC2(C)c2ccccc2)cc1. The summed E-state index contributed by atoms with van der Waals surface area (Å²) < 4.78 is 0. The molecule has 2 heteroatoms. The Balaban J connectivity index is 1.75. The molecule has 0 aromatic heterocycles. The van der Waals surface area contributed by atoms with Crippen molar-refractivity contribution in [3.05, 3.63) is 155 Å². The molecule has 5 rings (SSSR count). The zero-order valence-electron chi connectivity index (χ0n) is 19.5. The Morgan fingerprint density at radius 2 is 1.26 bits per heavy atom. The molecule has 34 heavy (non-hydrogen) atoms. The molecule has 1 atom stereocenters. The molecule has 0 amide bonds. The highest BCUT2D eigenvalue weighted by Crippen LogP contribution is 2.43. The number of nitrogens with zero attached hydrogens (tertiary/aromatic N) is 1. The predicted octanol–water partition coefficient (Wildman–Crippen LogP) is 7.58. The van der Waals surface area contributed by atoms with E-state index in [0.29, 0.717) is 11.1 Å². The lowest BCUT2D eigenvalue weighted by molar-refractivity contribution is 0.103. The van der Waals surface area contributed by atoms with Crippen molar-refractivity contribution in [2.75, 3.05) is 4.90 Å². The Labute approximate surface area is 201 Å². The number of rotatable bonds is 5. The van der Waals surface area contributed by atoms with Crippen molar-refractivity contribution in [3.63, 3.8) is 0 Å². The molecule has 1 unspecified atom stereocenters. The van der Waals surface area contributed by atoms with E-state index in [0.717, 1.165) is 22.4 Å². The average Bonchev–Trinajstić information content (AvgIpc) is 2.90. The van der Waals surface area contributed by atoms with Crippen molar-refractivity contribution in [3.8, 4) is 0 Å². The molecule has 1 heterocycles. The van der Waals surface area contributed by atoms with Crippen LogP contribution in [0.4, 0.5) is 5.69 Å². The number of aryl methyl sites for hydroxylation is 1. The number of hydrogen-bond acceptors (Lipinski definition) is 2. The topological polar surface area (TPSA) is 20.3 Å². The van der Waals surface area contributed by atoms with Crippen LogP contribution in [0.2, 0.25) is 0 Å². The Kier molecular flexibility index (Phi) is 5.73. The second kappa shape index (κ2) is 8.99.